The first-order valence-electron chi connectivity index (χ1n) is 15.2. The van der Waals surface area contributed by atoms with E-state index in [-0.39, 0.29) is 47.8 Å². The molecule has 12 nitrogen and oxygen atoms in total. The van der Waals surface area contributed by atoms with Gasteiger partial charge in [0.05, 0.1) is 12.3 Å². The number of allylic oxidation sites excluding steroid dienone is 3. The second-order valence-corrected chi connectivity index (χ2v) is 12.8. The summed E-state index contributed by atoms with van der Waals surface area (Å²) in [7, 11) is 2.07. The minimum absolute atomic E-state index is 0.0622. The fourth-order valence-electron chi connectivity index (χ4n) is 6.82. The van der Waals surface area contributed by atoms with E-state index in [1.165, 1.54) is 23.6 Å². The number of thiophene rings is 1. The van der Waals surface area contributed by atoms with Crippen LogP contribution in [0.3, 0.4) is 0 Å². The molecule has 1 fully saturated rings. The number of likely N-dealkylation sites (N-methyl/N-ethyl adjacent to an activating group) is 1. The highest BCUT2D eigenvalue weighted by molar-refractivity contribution is 7.16. The summed E-state index contributed by atoms with van der Waals surface area (Å²) in [5.41, 5.74) is 27.4. The van der Waals surface area contributed by atoms with Gasteiger partial charge in [-0.25, -0.2) is 14.8 Å². The molecule has 3 atom stereocenters. The fourth-order valence-corrected chi connectivity index (χ4v) is 7.95. The molecular weight excluding hydrogens is 580 g/mol. The number of fused-ring (bicyclic) bond motifs is 2. The molecule has 2 aromatic rings. The number of hydrogen-bond acceptors (Lipinski definition) is 13. The number of aryl methyl sites for hydroxylation is 1. The summed E-state index contributed by atoms with van der Waals surface area (Å²) < 4.78 is 11.2. The zero-order chi connectivity index (χ0) is 31.6. The van der Waals surface area contributed by atoms with Crippen LogP contribution in [0.5, 0.6) is 5.88 Å². The van der Waals surface area contributed by atoms with Crippen LogP contribution >= 0.6 is 11.3 Å². The zero-order valence-electron chi connectivity index (χ0n) is 25.6. The van der Waals surface area contributed by atoms with Crippen molar-refractivity contribution in [1.82, 2.24) is 14.9 Å². The number of anilines is 2. The Bertz CT molecular complexity index is 1530. The number of aliphatic imine (C=N–C) groups is 1. The minimum Gasteiger partial charge on any atom is -0.473 e. The number of ether oxygens (including phenoxy) is 2. The second-order valence-electron chi connectivity index (χ2n) is 11.7. The van der Waals surface area contributed by atoms with Gasteiger partial charge in [0.25, 0.3) is 0 Å². The summed E-state index contributed by atoms with van der Waals surface area (Å²) in [6.45, 7) is 4.88. The van der Waals surface area contributed by atoms with Crippen molar-refractivity contribution < 1.29 is 19.1 Å². The number of nitrogens with zero attached hydrogens (tertiary/aromatic N) is 4. The van der Waals surface area contributed by atoms with Gasteiger partial charge in [0, 0.05) is 45.4 Å². The van der Waals surface area contributed by atoms with Crippen LogP contribution in [0.2, 0.25) is 0 Å². The van der Waals surface area contributed by atoms with Crippen LogP contribution in [-0.4, -0.2) is 65.2 Å². The van der Waals surface area contributed by atoms with Gasteiger partial charge in [-0.05, 0) is 84.9 Å². The predicted octanol–water partition coefficient (Wildman–Crippen LogP) is 3.53. The quantitative estimate of drug-likeness (QED) is 0.138. The molecule has 1 aliphatic heterocycles. The molecule has 3 heterocycles. The molecule has 0 bridgehead atoms. The standard InChI is InChI=1S/C31H42N8O4S/c1-4-42-30(41)19(32)11-14-36-22-16-23(43-17(2)20-9-7-15-39(20)3)38-29(37-22)26(40)18-8-5-12-31(27(18)34)13-6-10-21-24(31)25(33)28(35)44-21/h11,14,16-17,20H,4-10,12-13,15,32-35H2,1-3H3/t17-,20-,31-/m0/s1. The molecule has 0 amide bonds. The summed E-state index contributed by atoms with van der Waals surface area (Å²) in [6.07, 6.45) is 9.23. The zero-order valence-corrected chi connectivity index (χ0v) is 26.4. The largest absolute Gasteiger partial charge is 0.473 e. The molecule has 13 heteroatoms. The molecular formula is C31H42N8O4S. The average Bonchev–Trinajstić information content (AvgIpc) is 3.56. The fraction of sp³-hybridized carbons (Fsp3) is 0.516. The number of ketones is 1. The van der Waals surface area contributed by atoms with Crippen molar-refractivity contribution in [2.45, 2.75) is 82.8 Å². The first kappa shape index (κ1) is 31.5. The van der Waals surface area contributed by atoms with E-state index >= 15 is 0 Å². The summed E-state index contributed by atoms with van der Waals surface area (Å²) in [6, 6.07) is 1.78. The lowest BCUT2D eigenvalue weighted by Gasteiger charge is -2.42. The molecule has 0 saturated carbocycles. The Morgan fingerprint density at radius 2 is 1.95 bits per heavy atom. The molecule has 0 unspecified atom stereocenters. The summed E-state index contributed by atoms with van der Waals surface area (Å²) in [5.74, 6) is -0.677. The van der Waals surface area contributed by atoms with Crippen molar-refractivity contribution in [3.63, 3.8) is 0 Å². The molecule has 236 valence electrons. The molecule has 0 radical (unpaired) electrons. The van der Waals surface area contributed by atoms with Crippen LogP contribution in [0.1, 0.15) is 79.9 Å². The van der Waals surface area contributed by atoms with Gasteiger partial charge in [0.1, 0.15) is 16.8 Å². The number of nitrogen functional groups attached to an aromatic ring is 2. The number of rotatable bonds is 9. The minimum atomic E-state index is -0.649. The van der Waals surface area contributed by atoms with Gasteiger partial charge in [-0.3, -0.25) is 9.69 Å². The Kier molecular flexibility index (Phi) is 9.26. The maximum Gasteiger partial charge on any atom is 0.354 e. The average molecular weight is 623 g/mol. The number of nitrogens with two attached hydrogens (primary N) is 4. The van der Waals surface area contributed by atoms with Crippen molar-refractivity contribution in [2.75, 3.05) is 31.7 Å². The first-order chi connectivity index (χ1) is 21.1. The Morgan fingerprint density at radius 1 is 1.20 bits per heavy atom. The van der Waals surface area contributed by atoms with Gasteiger partial charge in [-0.2, -0.15) is 4.98 Å². The molecule has 3 aliphatic rings. The Hall–Kier alpha value is -3.97. The van der Waals surface area contributed by atoms with Gasteiger partial charge in [0.2, 0.25) is 17.5 Å². The summed E-state index contributed by atoms with van der Waals surface area (Å²) >= 11 is 1.51. The van der Waals surface area contributed by atoms with E-state index in [0.29, 0.717) is 28.4 Å². The highest BCUT2D eigenvalue weighted by Gasteiger charge is 2.46. The molecule has 2 aromatic heterocycles. The number of hydrogen-bond donors (Lipinski definition) is 4. The van der Waals surface area contributed by atoms with Crippen molar-refractivity contribution in [1.29, 1.82) is 0 Å². The summed E-state index contributed by atoms with van der Waals surface area (Å²) in [5, 5.41) is 0.595. The third-order valence-corrected chi connectivity index (χ3v) is 10.1. The van der Waals surface area contributed by atoms with E-state index < -0.39 is 11.4 Å². The van der Waals surface area contributed by atoms with Crippen molar-refractivity contribution in [3.05, 3.63) is 45.4 Å². The van der Waals surface area contributed by atoms with Crippen LogP contribution in [0.4, 0.5) is 16.5 Å². The third-order valence-electron chi connectivity index (χ3n) is 8.97. The van der Waals surface area contributed by atoms with Crippen LogP contribution in [0.15, 0.2) is 34.1 Å². The Labute approximate surface area is 261 Å². The van der Waals surface area contributed by atoms with E-state index in [1.807, 2.05) is 6.92 Å². The topological polar surface area (TPSA) is 198 Å². The number of likely N-dealkylation sites (tertiary alicyclic amines) is 1. The number of carbonyl (C=O) groups is 2. The van der Waals surface area contributed by atoms with Crippen LogP contribution < -0.4 is 27.7 Å². The summed E-state index contributed by atoms with van der Waals surface area (Å²) in [4.78, 5) is 42.8. The molecule has 1 saturated heterocycles. The van der Waals surface area contributed by atoms with E-state index in [4.69, 9.17) is 32.4 Å². The van der Waals surface area contributed by atoms with Gasteiger partial charge < -0.3 is 32.4 Å². The Morgan fingerprint density at radius 3 is 2.66 bits per heavy atom. The SMILES string of the molecule is CCOC(=O)C(N)=CC=Nc1cc(O[C@@H](C)[C@@H]2CCCN2C)nc(C(=O)C2=C(N)[C@@]3(CCC2)CCCc2sc(N)c(N)c23)n1. The van der Waals surface area contributed by atoms with Crippen molar-refractivity contribution in [3.8, 4) is 5.88 Å². The maximum atomic E-state index is 14.2. The van der Waals surface area contributed by atoms with Crippen LogP contribution in [-0.2, 0) is 21.4 Å². The molecule has 44 heavy (non-hydrogen) atoms. The highest BCUT2D eigenvalue weighted by Crippen LogP contribution is 2.54. The van der Waals surface area contributed by atoms with E-state index in [2.05, 4.69) is 26.9 Å². The molecule has 8 N–H and O–H groups in total. The van der Waals surface area contributed by atoms with Gasteiger partial charge in [-0.1, -0.05) is 0 Å². The smallest absolute Gasteiger partial charge is 0.354 e. The van der Waals surface area contributed by atoms with Gasteiger partial charge >= 0.3 is 5.97 Å². The first-order valence-corrected chi connectivity index (χ1v) is 16.0. The van der Waals surface area contributed by atoms with E-state index in [9.17, 15) is 9.59 Å². The van der Waals surface area contributed by atoms with Gasteiger partial charge in [-0.15, -0.1) is 11.3 Å². The third kappa shape index (κ3) is 6.03. The number of carbonyl (C=O) groups excluding carboxylic acids is 2. The van der Waals surface area contributed by atoms with Crippen LogP contribution in [0, 0.1) is 0 Å². The number of esters is 1. The van der Waals surface area contributed by atoms with Crippen LogP contribution in [0.25, 0.3) is 0 Å². The van der Waals surface area contributed by atoms with Gasteiger partial charge in [0.15, 0.2) is 5.82 Å². The van der Waals surface area contributed by atoms with E-state index in [0.717, 1.165) is 61.9 Å². The lowest BCUT2D eigenvalue weighted by molar-refractivity contribution is -0.138. The molecule has 0 aromatic carbocycles. The molecule has 5 rings (SSSR count). The lowest BCUT2D eigenvalue weighted by atomic mass is 9.63. The van der Waals surface area contributed by atoms with Crippen molar-refractivity contribution in [2.24, 2.45) is 16.5 Å². The normalized spacial score (nSPS) is 23.2. The van der Waals surface area contributed by atoms with Crippen molar-refractivity contribution >= 4 is 45.8 Å². The maximum absolute atomic E-state index is 14.2. The number of aromatic nitrogens is 2. The van der Waals surface area contributed by atoms with E-state index in [1.54, 1.807) is 13.0 Å². The Balaban J connectivity index is 1.52. The molecule has 1 spiro atoms. The molecule has 2 aliphatic carbocycles. The predicted molar refractivity (Wildman–Crippen MR) is 172 cm³/mol. The number of Topliss-reactive ketones (excluding diaryl/α,β-unsaturated/α-hetero) is 1. The lowest BCUT2D eigenvalue weighted by Crippen LogP contribution is -2.40. The monoisotopic (exact) mass is 622 g/mol. The highest BCUT2D eigenvalue weighted by atomic mass is 32.1. The second kappa shape index (κ2) is 12.9.